The maximum atomic E-state index is 13.1. The molecule has 1 heterocycles. The van der Waals surface area contributed by atoms with Crippen molar-refractivity contribution >= 4 is 11.6 Å². The van der Waals surface area contributed by atoms with E-state index in [0.29, 0.717) is 13.0 Å². The lowest BCUT2D eigenvalue weighted by atomic mass is 10.1. The molecule has 0 aromatic heterocycles. The molecule has 0 aliphatic carbocycles. The van der Waals surface area contributed by atoms with Gasteiger partial charge in [0.05, 0.1) is 0 Å². The molecule has 1 aromatic carbocycles. The lowest BCUT2D eigenvalue weighted by Crippen LogP contribution is -2.35. The smallest absolute Gasteiger partial charge is 0.226 e. The first-order valence-electron chi connectivity index (χ1n) is 5.25. The average Bonchev–Trinajstić information content (AvgIpc) is 2.23. The van der Waals surface area contributed by atoms with Crippen LogP contribution < -0.4 is 4.90 Å². The Bertz CT molecular complexity index is 389. The number of hydrogen-bond acceptors (Lipinski definition) is 1. The van der Waals surface area contributed by atoms with Crippen LogP contribution in [0.25, 0.3) is 0 Å². The molecule has 1 fully saturated rings. The third-order valence-corrected chi connectivity index (χ3v) is 2.79. The summed E-state index contributed by atoms with van der Waals surface area (Å²) >= 11 is 0. The van der Waals surface area contributed by atoms with Crippen molar-refractivity contribution < 1.29 is 9.18 Å². The van der Waals surface area contributed by atoms with Crippen molar-refractivity contribution in [2.24, 2.45) is 0 Å². The average molecular weight is 207 g/mol. The Kier molecular flexibility index (Phi) is 2.71. The molecule has 0 radical (unpaired) electrons. The van der Waals surface area contributed by atoms with Crippen LogP contribution in [0.3, 0.4) is 0 Å². The third-order valence-electron chi connectivity index (χ3n) is 2.79. The zero-order valence-electron chi connectivity index (χ0n) is 8.79. The topological polar surface area (TPSA) is 20.3 Å². The number of amides is 1. The molecule has 1 aliphatic rings. The fourth-order valence-electron chi connectivity index (χ4n) is 1.93. The molecule has 1 aromatic rings. The van der Waals surface area contributed by atoms with Gasteiger partial charge >= 0.3 is 0 Å². The van der Waals surface area contributed by atoms with Gasteiger partial charge in [-0.2, -0.15) is 0 Å². The number of piperidine rings is 1. The minimum Gasteiger partial charge on any atom is -0.312 e. The number of aryl methyl sites for hydroxylation is 1. The minimum atomic E-state index is -0.283. The summed E-state index contributed by atoms with van der Waals surface area (Å²) < 4.78 is 13.1. The quantitative estimate of drug-likeness (QED) is 0.693. The highest BCUT2D eigenvalue weighted by Gasteiger charge is 2.21. The van der Waals surface area contributed by atoms with Crippen LogP contribution in [0.15, 0.2) is 18.2 Å². The molecule has 0 saturated carbocycles. The second-order valence-electron chi connectivity index (χ2n) is 3.93. The highest BCUT2D eigenvalue weighted by Crippen LogP contribution is 2.25. The van der Waals surface area contributed by atoms with Gasteiger partial charge in [0.25, 0.3) is 0 Å². The van der Waals surface area contributed by atoms with Gasteiger partial charge in [-0.25, -0.2) is 4.39 Å². The molecule has 0 atom stereocenters. The van der Waals surface area contributed by atoms with E-state index >= 15 is 0 Å². The molecular weight excluding hydrogens is 193 g/mol. The van der Waals surface area contributed by atoms with Crippen molar-refractivity contribution in [2.75, 3.05) is 11.4 Å². The molecule has 3 heteroatoms. The van der Waals surface area contributed by atoms with E-state index in [-0.39, 0.29) is 11.7 Å². The van der Waals surface area contributed by atoms with E-state index in [0.717, 1.165) is 24.1 Å². The summed E-state index contributed by atoms with van der Waals surface area (Å²) in [5, 5.41) is 0. The van der Waals surface area contributed by atoms with Gasteiger partial charge in [-0.1, -0.05) is 6.07 Å². The van der Waals surface area contributed by atoms with Crippen LogP contribution >= 0.6 is 0 Å². The van der Waals surface area contributed by atoms with Gasteiger partial charge in [-0.15, -0.1) is 0 Å². The maximum Gasteiger partial charge on any atom is 0.226 e. The van der Waals surface area contributed by atoms with Crippen LogP contribution in [0.4, 0.5) is 10.1 Å². The van der Waals surface area contributed by atoms with E-state index in [1.807, 2.05) is 6.92 Å². The number of benzene rings is 1. The molecule has 2 nitrogen and oxygen atoms in total. The van der Waals surface area contributed by atoms with Crippen molar-refractivity contribution in [2.45, 2.75) is 26.2 Å². The number of carbonyl (C=O) groups excluding carboxylic acids is 1. The van der Waals surface area contributed by atoms with Gasteiger partial charge in [0, 0.05) is 18.7 Å². The molecule has 15 heavy (non-hydrogen) atoms. The highest BCUT2D eigenvalue weighted by molar-refractivity contribution is 5.94. The molecule has 0 N–H and O–H groups in total. The van der Waals surface area contributed by atoms with Crippen molar-refractivity contribution in [3.63, 3.8) is 0 Å². The number of anilines is 1. The van der Waals surface area contributed by atoms with Gasteiger partial charge < -0.3 is 4.90 Å². The molecule has 1 amide bonds. The Morgan fingerprint density at radius 1 is 1.33 bits per heavy atom. The van der Waals surface area contributed by atoms with Crippen LogP contribution in [-0.4, -0.2) is 12.5 Å². The Hall–Kier alpha value is -1.38. The number of carbonyl (C=O) groups is 1. The summed E-state index contributed by atoms with van der Waals surface area (Å²) in [4.78, 5) is 13.4. The summed E-state index contributed by atoms with van der Waals surface area (Å²) in [7, 11) is 0. The van der Waals surface area contributed by atoms with Crippen molar-refractivity contribution in [3.05, 3.63) is 29.6 Å². The largest absolute Gasteiger partial charge is 0.312 e. The van der Waals surface area contributed by atoms with Crippen molar-refractivity contribution in [1.29, 1.82) is 0 Å². The first-order chi connectivity index (χ1) is 7.18. The van der Waals surface area contributed by atoms with E-state index in [9.17, 15) is 9.18 Å². The molecule has 0 bridgehead atoms. The number of rotatable bonds is 1. The van der Waals surface area contributed by atoms with E-state index in [4.69, 9.17) is 0 Å². The fourth-order valence-corrected chi connectivity index (χ4v) is 1.93. The van der Waals surface area contributed by atoms with E-state index in [1.165, 1.54) is 12.1 Å². The van der Waals surface area contributed by atoms with Gasteiger partial charge in [-0.3, -0.25) is 4.79 Å². The predicted octanol–water partition coefficient (Wildman–Crippen LogP) is 2.65. The molecule has 1 aliphatic heterocycles. The monoisotopic (exact) mass is 207 g/mol. The Labute approximate surface area is 88.7 Å². The number of hydrogen-bond donors (Lipinski definition) is 0. The van der Waals surface area contributed by atoms with Gasteiger partial charge in [0.1, 0.15) is 5.82 Å². The second kappa shape index (κ2) is 4.01. The van der Waals surface area contributed by atoms with Crippen molar-refractivity contribution in [3.8, 4) is 0 Å². The van der Waals surface area contributed by atoms with Gasteiger partial charge in [0.2, 0.25) is 5.91 Å². The van der Waals surface area contributed by atoms with E-state index in [1.54, 1.807) is 11.0 Å². The maximum absolute atomic E-state index is 13.1. The molecule has 80 valence electrons. The van der Waals surface area contributed by atoms with Gasteiger partial charge in [-0.05, 0) is 37.5 Å². The zero-order chi connectivity index (χ0) is 10.8. The predicted molar refractivity (Wildman–Crippen MR) is 57.3 cm³/mol. The summed E-state index contributed by atoms with van der Waals surface area (Å²) in [6, 6.07) is 4.58. The first kappa shape index (κ1) is 10.1. The lowest BCUT2D eigenvalue weighted by molar-refractivity contribution is -0.119. The van der Waals surface area contributed by atoms with Crippen LogP contribution in [-0.2, 0) is 4.79 Å². The highest BCUT2D eigenvalue weighted by atomic mass is 19.1. The zero-order valence-corrected chi connectivity index (χ0v) is 8.79. The third kappa shape index (κ3) is 2.01. The molecular formula is C12H14FNO. The van der Waals surface area contributed by atoms with E-state index in [2.05, 4.69) is 0 Å². The number of nitrogens with zero attached hydrogens (tertiary/aromatic N) is 1. The Balaban J connectivity index is 2.34. The minimum absolute atomic E-state index is 0.106. The molecule has 0 spiro atoms. The summed E-state index contributed by atoms with van der Waals surface area (Å²) in [6.45, 7) is 2.61. The lowest BCUT2D eigenvalue weighted by Gasteiger charge is -2.28. The second-order valence-corrected chi connectivity index (χ2v) is 3.93. The summed E-state index contributed by atoms with van der Waals surface area (Å²) in [5.74, 6) is -0.177. The van der Waals surface area contributed by atoms with Gasteiger partial charge in [0.15, 0.2) is 0 Å². The first-order valence-corrected chi connectivity index (χ1v) is 5.25. The number of halogens is 1. The Morgan fingerprint density at radius 2 is 2.13 bits per heavy atom. The normalized spacial score (nSPS) is 16.9. The van der Waals surface area contributed by atoms with Crippen LogP contribution in [0, 0.1) is 12.7 Å². The fraction of sp³-hybridized carbons (Fsp3) is 0.417. The van der Waals surface area contributed by atoms with Crippen LogP contribution in [0.2, 0.25) is 0 Å². The summed E-state index contributed by atoms with van der Waals surface area (Å²) in [5.41, 5.74) is 1.67. The summed E-state index contributed by atoms with van der Waals surface area (Å²) in [6.07, 6.45) is 2.53. The van der Waals surface area contributed by atoms with Crippen LogP contribution in [0.5, 0.6) is 0 Å². The standard InChI is InChI=1S/C12H14FNO/c1-9-5-6-10(13)8-11(9)14-7-3-2-4-12(14)15/h5-6,8H,2-4,7H2,1H3. The van der Waals surface area contributed by atoms with Crippen molar-refractivity contribution in [1.82, 2.24) is 0 Å². The SMILES string of the molecule is Cc1ccc(F)cc1N1CCCCC1=O. The van der Waals surface area contributed by atoms with Crippen LogP contribution in [0.1, 0.15) is 24.8 Å². The molecule has 2 rings (SSSR count). The van der Waals surface area contributed by atoms with E-state index < -0.39 is 0 Å². The molecule has 1 saturated heterocycles. The molecule has 0 unspecified atom stereocenters. The Morgan fingerprint density at radius 3 is 2.87 bits per heavy atom.